The van der Waals surface area contributed by atoms with Gasteiger partial charge in [0, 0.05) is 18.0 Å². The molecule has 0 aliphatic heterocycles. The van der Waals surface area contributed by atoms with E-state index in [0.717, 1.165) is 12.8 Å². The average Bonchev–Trinajstić information content (AvgIpc) is 3.29. The lowest BCUT2D eigenvalue weighted by molar-refractivity contribution is -0.121. The molecular formula is C16H18N8O2. The van der Waals surface area contributed by atoms with Crippen molar-refractivity contribution in [1.82, 2.24) is 29.9 Å². The lowest BCUT2D eigenvalue weighted by Gasteiger charge is -2.12. The molecule has 3 heterocycles. The van der Waals surface area contributed by atoms with Gasteiger partial charge >= 0.3 is 0 Å². The van der Waals surface area contributed by atoms with Crippen LogP contribution in [0.15, 0.2) is 24.5 Å². The number of rotatable bonds is 5. The summed E-state index contributed by atoms with van der Waals surface area (Å²) in [6.07, 6.45) is 5.58. The van der Waals surface area contributed by atoms with Gasteiger partial charge in [0.15, 0.2) is 11.2 Å². The standard InChI is InChI=1S/C16H18N8O2/c1-26-13-5-4-11(7-18-13)24-15-12(22-23-24)8-19-16(21-15)20-10-3-2-9(6-10)14(17)25/h4-5,7-10H,2-3,6H2,1H3,(H2,17,25)(H,19,20,21)/t9-,10-/m1/s1. The number of amides is 1. The monoisotopic (exact) mass is 354 g/mol. The molecule has 1 saturated carbocycles. The highest BCUT2D eigenvalue weighted by Gasteiger charge is 2.28. The molecule has 134 valence electrons. The van der Waals surface area contributed by atoms with Crippen molar-refractivity contribution >= 4 is 23.0 Å². The Bertz CT molecular complexity index is 939. The second-order valence-corrected chi connectivity index (χ2v) is 6.22. The van der Waals surface area contributed by atoms with E-state index in [1.54, 1.807) is 30.3 Å². The fraction of sp³-hybridized carbons (Fsp3) is 0.375. The minimum Gasteiger partial charge on any atom is -0.481 e. The van der Waals surface area contributed by atoms with Gasteiger partial charge in [-0.25, -0.2) is 9.97 Å². The smallest absolute Gasteiger partial charge is 0.225 e. The maximum Gasteiger partial charge on any atom is 0.225 e. The van der Waals surface area contributed by atoms with Gasteiger partial charge in [0.2, 0.25) is 17.7 Å². The van der Waals surface area contributed by atoms with Crippen molar-refractivity contribution in [2.24, 2.45) is 11.7 Å². The van der Waals surface area contributed by atoms with E-state index in [9.17, 15) is 4.79 Å². The Morgan fingerprint density at radius 1 is 1.31 bits per heavy atom. The van der Waals surface area contributed by atoms with Crippen LogP contribution in [0.25, 0.3) is 16.9 Å². The average molecular weight is 354 g/mol. The first-order valence-corrected chi connectivity index (χ1v) is 8.29. The molecule has 1 fully saturated rings. The number of fused-ring (bicyclic) bond motifs is 1. The largest absolute Gasteiger partial charge is 0.481 e. The molecule has 2 atom stereocenters. The van der Waals surface area contributed by atoms with Gasteiger partial charge in [0.1, 0.15) is 0 Å². The summed E-state index contributed by atoms with van der Waals surface area (Å²) in [7, 11) is 1.56. The van der Waals surface area contributed by atoms with E-state index in [1.165, 1.54) is 0 Å². The number of ether oxygens (including phenoxy) is 1. The summed E-state index contributed by atoms with van der Waals surface area (Å²) in [4.78, 5) is 24.3. The van der Waals surface area contributed by atoms with Gasteiger partial charge in [-0.05, 0) is 25.3 Å². The van der Waals surface area contributed by atoms with Crippen molar-refractivity contribution in [3.63, 3.8) is 0 Å². The molecule has 0 radical (unpaired) electrons. The Morgan fingerprint density at radius 3 is 2.88 bits per heavy atom. The molecule has 0 bridgehead atoms. The first-order valence-electron chi connectivity index (χ1n) is 8.29. The summed E-state index contributed by atoms with van der Waals surface area (Å²) in [6.45, 7) is 0. The molecule has 10 heteroatoms. The summed E-state index contributed by atoms with van der Waals surface area (Å²) < 4.78 is 6.66. The van der Waals surface area contributed by atoms with Gasteiger partial charge in [0.05, 0.1) is 25.2 Å². The Kier molecular flexibility index (Phi) is 4.07. The Labute approximate surface area is 148 Å². The molecule has 10 nitrogen and oxygen atoms in total. The van der Waals surface area contributed by atoms with E-state index in [4.69, 9.17) is 10.5 Å². The van der Waals surface area contributed by atoms with E-state index >= 15 is 0 Å². The second kappa shape index (κ2) is 6.54. The number of aromatic nitrogens is 6. The normalized spacial score (nSPS) is 19.6. The third-order valence-corrected chi connectivity index (χ3v) is 4.54. The molecule has 3 aromatic heterocycles. The molecule has 0 unspecified atom stereocenters. The Balaban J connectivity index is 1.59. The number of anilines is 1. The number of carbonyl (C=O) groups excluding carboxylic acids is 1. The predicted molar refractivity (Wildman–Crippen MR) is 92.7 cm³/mol. The zero-order valence-corrected chi connectivity index (χ0v) is 14.2. The SMILES string of the molecule is COc1ccc(-n2nnc3cnc(N[C@@H]4CC[C@@H](C(N)=O)C4)nc32)cn1. The van der Waals surface area contributed by atoms with Crippen molar-refractivity contribution in [2.45, 2.75) is 25.3 Å². The molecular weight excluding hydrogens is 336 g/mol. The highest BCUT2D eigenvalue weighted by molar-refractivity contribution is 5.77. The van der Waals surface area contributed by atoms with Gasteiger partial charge in [-0.3, -0.25) is 4.79 Å². The predicted octanol–water partition coefficient (Wildman–Crippen LogP) is 0.680. The summed E-state index contributed by atoms with van der Waals surface area (Å²) >= 11 is 0. The van der Waals surface area contributed by atoms with Crippen LogP contribution in [-0.4, -0.2) is 49.0 Å². The zero-order chi connectivity index (χ0) is 18.1. The van der Waals surface area contributed by atoms with Crippen LogP contribution in [0.2, 0.25) is 0 Å². The van der Waals surface area contributed by atoms with Gasteiger partial charge in [-0.2, -0.15) is 9.67 Å². The van der Waals surface area contributed by atoms with E-state index in [2.05, 4.69) is 30.6 Å². The van der Waals surface area contributed by atoms with Crippen LogP contribution in [-0.2, 0) is 4.79 Å². The van der Waals surface area contributed by atoms with E-state index in [0.29, 0.717) is 35.1 Å². The van der Waals surface area contributed by atoms with Crippen LogP contribution < -0.4 is 15.8 Å². The molecule has 1 aliphatic carbocycles. The van der Waals surface area contributed by atoms with Crippen LogP contribution in [0.4, 0.5) is 5.95 Å². The number of hydrogen-bond acceptors (Lipinski definition) is 8. The van der Waals surface area contributed by atoms with Crippen molar-refractivity contribution < 1.29 is 9.53 Å². The number of carbonyl (C=O) groups is 1. The molecule has 4 rings (SSSR count). The van der Waals surface area contributed by atoms with Crippen molar-refractivity contribution in [3.05, 3.63) is 24.5 Å². The van der Waals surface area contributed by atoms with Crippen molar-refractivity contribution in [2.75, 3.05) is 12.4 Å². The van der Waals surface area contributed by atoms with Gasteiger partial charge in [-0.15, -0.1) is 5.10 Å². The Morgan fingerprint density at radius 2 is 2.19 bits per heavy atom. The van der Waals surface area contributed by atoms with Gasteiger partial charge in [-0.1, -0.05) is 5.21 Å². The number of nitrogens with two attached hydrogens (primary N) is 1. The highest BCUT2D eigenvalue weighted by atomic mass is 16.5. The molecule has 1 amide bonds. The molecule has 3 aromatic rings. The molecule has 3 N–H and O–H groups in total. The van der Waals surface area contributed by atoms with Crippen molar-refractivity contribution in [3.8, 4) is 11.6 Å². The first-order chi connectivity index (χ1) is 12.6. The lowest BCUT2D eigenvalue weighted by atomic mass is 10.1. The minimum atomic E-state index is -0.250. The number of hydrogen-bond donors (Lipinski definition) is 2. The summed E-state index contributed by atoms with van der Waals surface area (Å²) in [5.74, 6) is 0.645. The van der Waals surface area contributed by atoms with Crippen LogP contribution in [0.1, 0.15) is 19.3 Å². The molecule has 0 spiro atoms. The fourth-order valence-corrected chi connectivity index (χ4v) is 3.14. The number of primary amides is 1. The summed E-state index contributed by atoms with van der Waals surface area (Å²) in [5, 5.41) is 11.5. The Hall–Kier alpha value is -3.30. The van der Waals surface area contributed by atoms with Crippen LogP contribution in [0, 0.1) is 5.92 Å². The molecule has 0 aromatic carbocycles. The van der Waals surface area contributed by atoms with Gasteiger partial charge < -0.3 is 15.8 Å². The van der Waals surface area contributed by atoms with E-state index in [1.807, 2.05) is 6.07 Å². The maximum absolute atomic E-state index is 11.3. The first kappa shape index (κ1) is 16.2. The van der Waals surface area contributed by atoms with Gasteiger partial charge in [0.25, 0.3) is 0 Å². The maximum atomic E-state index is 11.3. The third-order valence-electron chi connectivity index (χ3n) is 4.54. The van der Waals surface area contributed by atoms with E-state index in [-0.39, 0.29) is 17.9 Å². The van der Waals surface area contributed by atoms with Crippen LogP contribution in [0.3, 0.4) is 0 Å². The van der Waals surface area contributed by atoms with E-state index < -0.39 is 0 Å². The minimum absolute atomic E-state index is 0.0891. The molecule has 1 aliphatic rings. The summed E-state index contributed by atoms with van der Waals surface area (Å²) in [6, 6.07) is 3.69. The van der Waals surface area contributed by atoms with Crippen LogP contribution >= 0.6 is 0 Å². The third kappa shape index (κ3) is 3.01. The summed E-state index contributed by atoms with van der Waals surface area (Å²) in [5.41, 5.74) is 7.25. The number of nitrogens with zero attached hydrogens (tertiary/aromatic N) is 6. The zero-order valence-electron chi connectivity index (χ0n) is 14.2. The fourth-order valence-electron chi connectivity index (χ4n) is 3.14. The second-order valence-electron chi connectivity index (χ2n) is 6.22. The number of methoxy groups -OCH3 is 1. The highest BCUT2D eigenvalue weighted by Crippen LogP contribution is 2.27. The molecule has 0 saturated heterocycles. The number of pyridine rings is 1. The van der Waals surface area contributed by atoms with Crippen LogP contribution in [0.5, 0.6) is 5.88 Å². The quantitative estimate of drug-likeness (QED) is 0.683. The topological polar surface area (TPSA) is 134 Å². The number of nitrogens with one attached hydrogen (secondary N) is 1. The lowest BCUT2D eigenvalue weighted by Crippen LogP contribution is -2.23. The van der Waals surface area contributed by atoms with Crippen molar-refractivity contribution in [1.29, 1.82) is 0 Å². The molecule has 26 heavy (non-hydrogen) atoms.